The number of hydrogen-bond acceptors (Lipinski definition) is 2. The maximum Gasteiger partial charge on any atom is 0.326 e. The van der Waals surface area contributed by atoms with Crippen LogP contribution in [0.5, 0.6) is 0 Å². The molecule has 0 aliphatic heterocycles. The largest absolute Gasteiger partial charge is 0.480 e. The molecule has 1 rings (SSSR count). The van der Waals surface area contributed by atoms with E-state index < -0.39 is 23.7 Å². The van der Waals surface area contributed by atoms with Crippen molar-refractivity contribution in [3.63, 3.8) is 0 Å². The van der Waals surface area contributed by atoms with Gasteiger partial charge in [-0.2, -0.15) is 0 Å². The average molecular weight is 295 g/mol. The maximum absolute atomic E-state index is 13.6. The number of rotatable bonds is 5. The van der Waals surface area contributed by atoms with Crippen molar-refractivity contribution in [2.24, 2.45) is 5.41 Å². The van der Waals surface area contributed by atoms with E-state index in [2.05, 4.69) is 5.32 Å². The minimum atomic E-state index is -1.11. The van der Waals surface area contributed by atoms with Crippen LogP contribution < -0.4 is 5.32 Å². The fraction of sp³-hybridized carbons (Fsp3) is 0.500. The van der Waals surface area contributed by atoms with E-state index in [0.29, 0.717) is 12.8 Å². The molecule has 21 heavy (non-hydrogen) atoms. The summed E-state index contributed by atoms with van der Waals surface area (Å²) in [6.07, 6.45) is 0.943. The van der Waals surface area contributed by atoms with E-state index in [1.807, 2.05) is 20.8 Å². The third kappa shape index (κ3) is 5.53. The zero-order valence-electron chi connectivity index (χ0n) is 12.9. The van der Waals surface area contributed by atoms with Crippen LogP contribution in [-0.4, -0.2) is 23.0 Å². The maximum atomic E-state index is 13.6. The molecule has 5 heteroatoms. The van der Waals surface area contributed by atoms with Crippen LogP contribution in [0.3, 0.4) is 0 Å². The number of nitrogens with one attached hydrogen (secondary N) is 1. The normalized spacial score (nSPS) is 12.8. The number of benzene rings is 1. The minimum absolute atomic E-state index is 0.0347. The van der Waals surface area contributed by atoms with Crippen molar-refractivity contribution in [3.8, 4) is 0 Å². The Labute approximate surface area is 124 Å². The molecule has 0 spiro atoms. The molecule has 1 atom stereocenters. The van der Waals surface area contributed by atoms with Gasteiger partial charge in [0.05, 0.1) is 5.56 Å². The van der Waals surface area contributed by atoms with E-state index in [1.165, 1.54) is 12.1 Å². The van der Waals surface area contributed by atoms with Crippen LogP contribution in [0.4, 0.5) is 4.39 Å². The molecular formula is C16H22FNO3. The highest BCUT2D eigenvalue weighted by Crippen LogP contribution is 2.22. The predicted octanol–water partition coefficient (Wildman–Crippen LogP) is 3.14. The topological polar surface area (TPSA) is 66.4 Å². The number of carboxylic acids is 1. The highest BCUT2D eigenvalue weighted by atomic mass is 19.1. The molecule has 1 aromatic carbocycles. The lowest BCUT2D eigenvalue weighted by atomic mass is 9.88. The average Bonchev–Trinajstić information content (AvgIpc) is 2.35. The molecule has 4 nitrogen and oxygen atoms in total. The first kappa shape index (κ1) is 17.1. The summed E-state index contributed by atoms with van der Waals surface area (Å²) in [5, 5.41) is 11.6. The highest BCUT2D eigenvalue weighted by Gasteiger charge is 2.24. The van der Waals surface area contributed by atoms with Gasteiger partial charge in [0.15, 0.2) is 0 Å². The van der Waals surface area contributed by atoms with E-state index in [9.17, 15) is 19.1 Å². The Bertz CT molecular complexity index is 535. The summed E-state index contributed by atoms with van der Waals surface area (Å²) in [5.41, 5.74) is 0.577. The molecule has 116 valence electrons. The first-order valence-corrected chi connectivity index (χ1v) is 6.90. The summed E-state index contributed by atoms with van der Waals surface area (Å²) in [7, 11) is 0. The summed E-state index contributed by atoms with van der Waals surface area (Å²) in [6.45, 7) is 7.72. The van der Waals surface area contributed by atoms with Crippen LogP contribution in [0.25, 0.3) is 0 Å². The quantitative estimate of drug-likeness (QED) is 0.877. The molecule has 2 N–H and O–H groups in total. The monoisotopic (exact) mass is 295 g/mol. The van der Waals surface area contributed by atoms with Gasteiger partial charge >= 0.3 is 5.97 Å². The molecule has 0 radical (unpaired) electrons. The summed E-state index contributed by atoms with van der Waals surface area (Å²) >= 11 is 0. The van der Waals surface area contributed by atoms with Gasteiger partial charge in [-0.25, -0.2) is 9.18 Å². The number of aryl methyl sites for hydroxylation is 1. The zero-order valence-corrected chi connectivity index (χ0v) is 12.9. The van der Waals surface area contributed by atoms with Gasteiger partial charge in [0.2, 0.25) is 0 Å². The van der Waals surface area contributed by atoms with Crippen molar-refractivity contribution in [2.45, 2.75) is 46.6 Å². The lowest BCUT2D eigenvalue weighted by Gasteiger charge is -2.21. The van der Waals surface area contributed by atoms with Crippen molar-refractivity contribution in [1.82, 2.24) is 5.32 Å². The van der Waals surface area contributed by atoms with E-state index in [0.717, 1.165) is 5.56 Å². The van der Waals surface area contributed by atoms with Gasteiger partial charge in [0.1, 0.15) is 11.9 Å². The SMILES string of the molecule is Cc1ccc(F)c(C(=O)NC(CCC(C)(C)C)C(=O)O)c1. The number of aliphatic carboxylic acids is 1. The smallest absolute Gasteiger partial charge is 0.326 e. The number of amides is 1. The number of carboxylic acid groups (broad SMARTS) is 1. The van der Waals surface area contributed by atoms with Crippen molar-refractivity contribution in [2.75, 3.05) is 0 Å². The molecule has 0 aliphatic carbocycles. The molecule has 1 aromatic rings. The number of hydrogen-bond donors (Lipinski definition) is 2. The van der Waals surface area contributed by atoms with Gasteiger partial charge in [-0.3, -0.25) is 4.79 Å². The van der Waals surface area contributed by atoms with Gasteiger partial charge in [-0.1, -0.05) is 32.4 Å². The van der Waals surface area contributed by atoms with Crippen molar-refractivity contribution in [1.29, 1.82) is 0 Å². The second kappa shape index (κ2) is 6.70. The number of halogens is 1. The van der Waals surface area contributed by atoms with Crippen molar-refractivity contribution < 1.29 is 19.1 Å². The molecule has 1 unspecified atom stereocenters. The van der Waals surface area contributed by atoms with Gasteiger partial charge in [-0.15, -0.1) is 0 Å². The number of carbonyl (C=O) groups is 2. The highest BCUT2D eigenvalue weighted by molar-refractivity contribution is 5.96. The Morgan fingerprint density at radius 1 is 1.33 bits per heavy atom. The summed E-state index contributed by atoms with van der Waals surface area (Å²) in [4.78, 5) is 23.3. The van der Waals surface area contributed by atoms with Crippen molar-refractivity contribution in [3.05, 3.63) is 35.1 Å². The molecule has 0 aromatic heterocycles. The third-order valence-electron chi connectivity index (χ3n) is 3.15. The Hall–Kier alpha value is -1.91. The van der Waals surface area contributed by atoms with Gasteiger partial charge < -0.3 is 10.4 Å². The van der Waals surface area contributed by atoms with Crippen LogP contribution >= 0.6 is 0 Å². The van der Waals surface area contributed by atoms with Gasteiger partial charge in [-0.05, 0) is 37.3 Å². The molecule has 0 aliphatic rings. The molecule has 0 saturated carbocycles. The lowest BCUT2D eigenvalue weighted by molar-refractivity contribution is -0.139. The Balaban J connectivity index is 2.81. The van der Waals surface area contributed by atoms with Gasteiger partial charge in [0, 0.05) is 0 Å². The molecule has 1 amide bonds. The molecule has 0 bridgehead atoms. The van der Waals surface area contributed by atoms with Crippen LogP contribution in [0.2, 0.25) is 0 Å². The molecule has 0 fully saturated rings. The first-order chi connectivity index (χ1) is 9.60. The van der Waals surface area contributed by atoms with Gasteiger partial charge in [0.25, 0.3) is 5.91 Å². The van der Waals surface area contributed by atoms with E-state index in [4.69, 9.17) is 0 Å². The first-order valence-electron chi connectivity index (χ1n) is 6.90. The summed E-state index contributed by atoms with van der Waals surface area (Å²) in [5.74, 6) is -2.46. The van der Waals surface area contributed by atoms with E-state index >= 15 is 0 Å². The number of carbonyl (C=O) groups excluding carboxylic acids is 1. The van der Waals surface area contributed by atoms with Crippen LogP contribution in [0, 0.1) is 18.2 Å². The Morgan fingerprint density at radius 2 is 1.95 bits per heavy atom. The van der Waals surface area contributed by atoms with Crippen LogP contribution in [0.1, 0.15) is 49.5 Å². The Kier molecular flexibility index (Phi) is 5.47. The minimum Gasteiger partial charge on any atom is -0.480 e. The fourth-order valence-electron chi connectivity index (χ4n) is 1.88. The lowest BCUT2D eigenvalue weighted by Crippen LogP contribution is -2.41. The Morgan fingerprint density at radius 3 is 2.48 bits per heavy atom. The molecule has 0 heterocycles. The molecule has 0 saturated heterocycles. The standard InChI is InChI=1S/C16H22FNO3/c1-10-5-6-12(17)11(9-10)14(19)18-13(15(20)21)7-8-16(2,3)4/h5-6,9,13H,7-8H2,1-4H3,(H,18,19)(H,20,21). The zero-order chi connectivity index (χ0) is 16.2. The van der Waals surface area contributed by atoms with Crippen molar-refractivity contribution >= 4 is 11.9 Å². The third-order valence-corrected chi connectivity index (χ3v) is 3.15. The predicted molar refractivity (Wildman–Crippen MR) is 78.7 cm³/mol. The van der Waals surface area contributed by atoms with Crippen LogP contribution in [-0.2, 0) is 4.79 Å². The summed E-state index contributed by atoms with van der Waals surface area (Å²) in [6, 6.07) is 3.15. The molecular weight excluding hydrogens is 273 g/mol. The summed E-state index contributed by atoms with van der Waals surface area (Å²) < 4.78 is 13.6. The van der Waals surface area contributed by atoms with E-state index in [-0.39, 0.29) is 11.0 Å². The van der Waals surface area contributed by atoms with Crippen LogP contribution in [0.15, 0.2) is 18.2 Å². The second-order valence-electron chi connectivity index (χ2n) is 6.45. The second-order valence-corrected chi connectivity index (χ2v) is 6.45. The fourth-order valence-corrected chi connectivity index (χ4v) is 1.88. The van der Waals surface area contributed by atoms with E-state index in [1.54, 1.807) is 13.0 Å².